The molecule has 2 aromatic heterocycles. The van der Waals surface area contributed by atoms with Gasteiger partial charge in [0, 0.05) is 16.0 Å². The first kappa shape index (κ1) is 15.2. The van der Waals surface area contributed by atoms with Crippen molar-refractivity contribution in [2.75, 3.05) is 0 Å². The Hall–Kier alpha value is -1.39. The molecule has 23 heavy (non-hydrogen) atoms. The molecule has 0 unspecified atom stereocenters. The highest BCUT2D eigenvalue weighted by Crippen LogP contribution is 2.41. The van der Waals surface area contributed by atoms with E-state index in [2.05, 4.69) is 48.1 Å². The third-order valence-electron chi connectivity index (χ3n) is 4.51. The van der Waals surface area contributed by atoms with E-state index < -0.39 is 0 Å². The van der Waals surface area contributed by atoms with E-state index in [1.54, 1.807) is 6.33 Å². The van der Waals surface area contributed by atoms with Gasteiger partial charge in [-0.15, -0.1) is 23.1 Å². The summed E-state index contributed by atoms with van der Waals surface area (Å²) in [5.41, 5.74) is 4.20. The molecule has 4 rings (SSSR count). The van der Waals surface area contributed by atoms with E-state index in [4.69, 9.17) is 0 Å². The van der Waals surface area contributed by atoms with E-state index in [9.17, 15) is 0 Å². The minimum Gasteiger partial charge on any atom is -0.229 e. The van der Waals surface area contributed by atoms with Crippen molar-refractivity contribution in [2.45, 2.75) is 43.9 Å². The lowest BCUT2D eigenvalue weighted by Gasteiger charge is -2.18. The lowest BCUT2D eigenvalue weighted by Crippen LogP contribution is -2.08. The number of aryl methyl sites for hydroxylation is 2. The molecule has 0 bridgehead atoms. The van der Waals surface area contributed by atoms with Gasteiger partial charge in [-0.25, -0.2) is 9.97 Å². The van der Waals surface area contributed by atoms with Crippen LogP contribution in [0.4, 0.5) is 0 Å². The van der Waals surface area contributed by atoms with Gasteiger partial charge in [0.2, 0.25) is 0 Å². The van der Waals surface area contributed by atoms with Crippen LogP contribution in [0.5, 0.6) is 0 Å². The van der Waals surface area contributed by atoms with E-state index in [-0.39, 0.29) is 0 Å². The fourth-order valence-electron chi connectivity index (χ4n) is 3.31. The average Bonchev–Trinajstić information content (AvgIpc) is 2.91. The largest absolute Gasteiger partial charge is 0.229 e. The summed E-state index contributed by atoms with van der Waals surface area (Å²) in [4.78, 5) is 11.8. The molecule has 4 heteroatoms. The first-order valence-corrected chi connectivity index (χ1v) is 9.94. The van der Waals surface area contributed by atoms with Crippen molar-refractivity contribution >= 4 is 33.3 Å². The molecule has 1 aliphatic carbocycles. The number of hydrogen-bond acceptors (Lipinski definition) is 4. The van der Waals surface area contributed by atoms with Crippen LogP contribution >= 0.6 is 23.1 Å². The van der Waals surface area contributed by atoms with E-state index in [0.29, 0.717) is 0 Å². The Balaban J connectivity index is 1.67. The van der Waals surface area contributed by atoms with Crippen molar-refractivity contribution in [1.82, 2.24) is 9.97 Å². The van der Waals surface area contributed by atoms with Crippen LogP contribution in [0.25, 0.3) is 10.2 Å². The standard InChI is InChI=1S/C19H20N2S2/c1-12-4-3-5-14(8-12)10-22-18-17-15-7-6-13(2)9-16(15)23-19(17)21-11-20-18/h3-5,8,11,13H,6-7,9-10H2,1-2H3/t13-/m1/s1. The highest BCUT2D eigenvalue weighted by Gasteiger charge is 2.23. The van der Waals surface area contributed by atoms with E-state index in [1.165, 1.54) is 51.0 Å². The average molecular weight is 341 g/mol. The maximum atomic E-state index is 4.60. The molecule has 2 nitrogen and oxygen atoms in total. The summed E-state index contributed by atoms with van der Waals surface area (Å²) in [5, 5.41) is 2.49. The fraction of sp³-hybridized carbons (Fsp3) is 0.368. The summed E-state index contributed by atoms with van der Waals surface area (Å²) in [6, 6.07) is 8.74. The maximum Gasteiger partial charge on any atom is 0.128 e. The van der Waals surface area contributed by atoms with E-state index in [0.717, 1.165) is 16.7 Å². The number of thiophene rings is 1. The first-order chi connectivity index (χ1) is 11.2. The second kappa shape index (κ2) is 6.25. The van der Waals surface area contributed by atoms with Gasteiger partial charge in [0.05, 0.1) is 0 Å². The molecule has 0 saturated carbocycles. The molecule has 1 atom stereocenters. The Morgan fingerprint density at radius 1 is 1.30 bits per heavy atom. The fourth-order valence-corrected chi connectivity index (χ4v) is 5.69. The predicted octanol–water partition coefficient (Wildman–Crippen LogP) is 5.42. The molecule has 0 aliphatic heterocycles. The lowest BCUT2D eigenvalue weighted by atomic mass is 9.89. The second-order valence-electron chi connectivity index (χ2n) is 6.49. The molecule has 1 aromatic carbocycles. The van der Waals surface area contributed by atoms with Crippen molar-refractivity contribution in [2.24, 2.45) is 5.92 Å². The normalized spacial score (nSPS) is 17.4. The zero-order valence-corrected chi connectivity index (χ0v) is 15.1. The van der Waals surface area contributed by atoms with Crippen molar-refractivity contribution in [3.63, 3.8) is 0 Å². The Bertz CT molecular complexity index is 854. The number of fused-ring (bicyclic) bond motifs is 3. The van der Waals surface area contributed by atoms with Crippen LogP contribution in [-0.4, -0.2) is 9.97 Å². The van der Waals surface area contributed by atoms with Gasteiger partial charge in [-0.2, -0.15) is 0 Å². The quantitative estimate of drug-likeness (QED) is 0.470. The number of thioether (sulfide) groups is 1. The third kappa shape index (κ3) is 3.02. The summed E-state index contributed by atoms with van der Waals surface area (Å²) in [7, 11) is 0. The van der Waals surface area contributed by atoms with Crippen molar-refractivity contribution < 1.29 is 0 Å². The van der Waals surface area contributed by atoms with Gasteiger partial charge in [0.25, 0.3) is 0 Å². The van der Waals surface area contributed by atoms with Crippen LogP contribution in [0, 0.1) is 12.8 Å². The molecular weight excluding hydrogens is 320 g/mol. The van der Waals surface area contributed by atoms with Crippen molar-refractivity contribution in [1.29, 1.82) is 0 Å². The number of rotatable bonds is 3. The monoisotopic (exact) mass is 340 g/mol. The van der Waals surface area contributed by atoms with Crippen LogP contribution in [0.2, 0.25) is 0 Å². The number of nitrogens with zero attached hydrogens (tertiary/aromatic N) is 2. The highest BCUT2D eigenvalue weighted by molar-refractivity contribution is 7.98. The number of aromatic nitrogens is 2. The van der Waals surface area contributed by atoms with Gasteiger partial charge in [-0.3, -0.25) is 0 Å². The summed E-state index contributed by atoms with van der Waals surface area (Å²) < 4.78 is 0. The smallest absolute Gasteiger partial charge is 0.128 e. The summed E-state index contributed by atoms with van der Waals surface area (Å²) >= 11 is 3.72. The van der Waals surface area contributed by atoms with Gasteiger partial charge in [0.1, 0.15) is 16.2 Å². The summed E-state index contributed by atoms with van der Waals surface area (Å²) in [6.07, 6.45) is 5.40. The van der Waals surface area contributed by atoms with E-state index >= 15 is 0 Å². The first-order valence-electron chi connectivity index (χ1n) is 8.14. The molecule has 118 valence electrons. The SMILES string of the molecule is Cc1cccc(CSc2ncnc3sc4c(c23)CC[C@@H](C)C4)c1. The molecule has 0 N–H and O–H groups in total. The topological polar surface area (TPSA) is 25.8 Å². The molecule has 2 heterocycles. The van der Waals surface area contributed by atoms with Crippen LogP contribution in [0.15, 0.2) is 35.6 Å². The Labute approximate surface area is 145 Å². The number of benzene rings is 1. The molecule has 3 aromatic rings. The number of hydrogen-bond donors (Lipinski definition) is 0. The summed E-state index contributed by atoms with van der Waals surface area (Å²) in [5.74, 6) is 1.77. The Morgan fingerprint density at radius 2 is 2.22 bits per heavy atom. The minimum absolute atomic E-state index is 0.798. The molecule has 0 radical (unpaired) electrons. The minimum atomic E-state index is 0.798. The summed E-state index contributed by atoms with van der Waals surface area (Å²) in [6.45, 7) is 4.50. The van der Waals surface area contributed by atoms with Crippen molar-refractivity contribution in [3.8, 4) is 0 Å². The van der Waals surface area contributed by atoms with Gasteiger partial charge in [0.15, 0.2) is 0 Å². The van der Waals surface area contributed by atoms with Crippen LogP contribution < -0.4 is 0 Å². The Kier molecular flexibility index (Phi) is 4.12. The highest BCUT2D eigenvalue weighted by atomic mass is 32.2. The second-order valence-corrected chi connectivity index (χ2v) is 8.54. The van der Waals surface area contributed by atoms with Gasteiger partial charge in [-0.1, -0.05) is 36.8 Å². The molecule has 0 saturated heterocycles. The third-order valence-corrected chi connectivity index (χ3v) is 6.74. The maximum absolute atomic E-state index is 4.60. The molecular formula is C19H20N2S2. The van der Waals surface area contributed by atoms with Crippen molar-refractivity contribution in [3.05, 3.63) is 52.2 Å². The molecule has 0 fully saturated rings. The van der Waals surface area contributed by atoms with Gasteiger partial charge in [-0.05, 0) is 43.2 Å². The van der Waals surface area contributed by atoms with Gasteiger partial charge < -0.3 is 0 Å². The molecule has 0 amide bonds. The zero-order valence-electron chi connectivity index (χ0n) is 13.5. The van der Waals surface area contributed by atoms with Crippen LogP contribution in [0.3, 0.4) is 0 Å². The lowest BCUT2D eigenvalue weighted by molar-refractivity contribution is 0.509. The van der Waals surface area contributed by atoms with Crippen LogP contribution in [-0.2, 0) is 18.6 Å². The Morgan fingerprint density at radius 3 is 3.09 bits per heavy atom. The molecule has 1 aliphatic rings. The van der Waals surface area contributed by atoms with E-state index in [1.807, 2.05) is 23.1 Å². The molecule has 0 spiro atoms. The predicted molar refractivity (Wildman–Crippen MR) is 99.3 cm³/mol. The van der Waals surface area contributed by atoms with Gasteiger partial charge >= 0.3 is 0 Å². The zero-order chi connectivity index (χ0) is 15.8. The van der Waals surface area contributed by atoms with Crippen LogP contribution in [0.1, 0.15) is 34.9 Å².